The van der Waals surface area contributed by atoms with Crippen LogP contribution < -0.4 is 0 Å². The summed E-state index contributed by atoms with van der Waals surface area (Å²) < 4.78 is 30.2. The second kappa shape index (κ2) is 12.7. The fourth-order valence-corrected chi connectivity index (χ4v) is 4.22. The minimum Gasteiger partial charge on any atom is -0.266 e. The Morgan fingerprint density at radius 1 is 0.769 bits per heavy atom. The fraction of sp³-hybridized carbons (Fsp3) is 0.524. The molecule has 0 saturated carbocycles. The van der Waals surface area contributed by atoms with Crippen molar-refractivity contribution in [2.45, 2.75) is 69.6 Å². The van der Waals surface area contributed by atoms with Gasteiger partial charge in [0.1, 0.15) is 4.90 Å². The molecular weight excluding hydrogens is 357 g/mol. The number of fused-ring (bicyclic) bond motifs is 1. The molecule has 0 amide bonds. The molecule has 0 aliphatic rings. The Kier molecular flexibility index (Phi) is 11.4. The third-order valence-electron chi connectivity index (χ3n) is 4.51. The molecule has 0 N–H and O–H groups in total. The normalized spacial score (nSPS) is 11.4. The van der Waals surface area contributed by atoms with Crippen LogP contribution in [0.5, 0.6) is 0 Å². The Bertz CT molecular complexity index is 739. The van der Waals surface area contributed by atoms with Gasteiger partial charge in [0.05, 0.1) is 6.61 Å². The van der Waals surface area contributed by atoms with Crippen LogP contribution in [0.25, 0.3) is 10.8 Å². The first-order valence-corrected chi connectivity index (χ1v) is 10.9. The SMILES string of the molecule is CCCCCCCCCCCOS(=O)(=O)c1cccc2ccccc12.[MgH2]. The van der Waals surface area contributed by atoms with Crippen molar-refractivity contribution in [3.63, 3.8) is 0 Å². The number of hydrogen-bond acceptors (Lipinski definition) is 3. The maximum Gasteiger partial charge on any atom is 0.316 e. The molecule has 26 heavy (non-hydrogen) atoms. The number of benzene rings is 2. The van der Waals surface area contributed by atoms with Crippen molar-refractivity contribution in [3.8, 4) is 0 Å². The molecule has 2 aromatic carbocycles. The molecule has 0 heterocycles. The van der Waals surface area contributed by atoms with Crippen molar-refractivity contribution >= 4 is 43.9 Å². The summed E-state index contributed by atoms with van der Waals surface area (Å²) in [7, 11) is -3.69. The summed E-state index contributed by atoms with van der Waals surface area (Å²) in [5.41, 5.74) is 0. The molecule has 2 rings (SSSR count). The summed E-state index contributed by atoms with van der Waals surface area (Å²) in [6.07, 6.45) is 10.8. The standard InChI is InChI=1S/C21H30O3S.Mg.2H/c1-2-3-4-5-6-7-8-9-12-18-24-25(22,23)21-17-13-15-19-14-10-11-16-20(19)21;;;/h10-11,13-17H,2-9,12,18H2,1H3;;;. The molecule has 0 spiro atoms. The highest BCUT2D eigenvalue weighted by Gasteiger charge is 2.17. The molecular formula is C21H32MgO3S. The molecule has 0 saturated heterocycles. The molecule has 3 nitrogen and oxygen atoms in total. The summed E-state index contributed by atoms with van der Waals surface area (Å²) >= 11 is 0. The van der Waals surface area contributed by atoms with E-state index in [1.165, 1.54) is 38.5 Å². The Hall–Kier alpha value is -0.624. The molecule has 0 aliphatic carbocycles. The van der Waals surface area contributed by atoms with Crippen LogP contribution in [0, 0.1) is 0 Å². The van der Waals surface area contributed by atoms with E-state index in [1.54, 1.807) is 12.1 Å². The van der Waals surface area contributed by atoms with Crippen LogP contribution in [0.2, 0.25) is 0 Å². The lowest BCUT2D eigenvalue weighted by Gasteiger charge is -2.08. The smallest absolute Gasteiger partial charge is 0.266 e. The monoisotopic (exact) mass is 388 g/mol. The lowest BCUT2D eigenvalue weighted by Crippen LogP contribution is -2.08. The topological polar surface area (TPSA) is 43.4 Å². The zero-order chi connectivity index (χ0) is 18.0. The van der Waals surface area contributed by atoms with E-state index < -0.39 is 10.1 Å². The van der Waals surface area contributed by atoms with Gasteiger partial charge in [0, 0.05) is 5.39 Å². The first kappa shape index (κ1) is 23.4. The maximum atomic E-state index is 12.5. The number of hydrogen-bond donors (Lipinski definition) is 0. The van der Waals surface area contributed by atoms with Crippen LogP contribution in [-0.4, -0.2) is 38.1 Å². The van der Waals surface area contributed by atoms with Gasteiger partial charge in [-0.2, -0.15) is 8.42 Å². The molecule has 0 fully saturated rings. The Morgan fingerprint density at radius 3 is 2.04 bits per heavy atom. The van der Waals surface area contributed by atoms with Gasteiger partial charge >= 0.3 is 23.1 Å². The van der Waals surface area contributed by atoms with Crippen molar-refractivity contribution in [3.05, 3.63) is 42.5 Å². The quantitative estimate of drug-likeness (QED) is 0.286. The van der Waals surface area contributed by atoms with Crippen molar-refractivity contribution in [1.82, 2.24) is 0 Å². The molecule has 0 unspecified atom stereocenters. The van der Waals surface area contributed by atoms with Crippen molar-refractivity contribution < 1.29 is 12.6 Å². The highest BCUT2D eigenvalue weighted by Crippen LogP contribution is 2.24. The lowest BCUT2D eigenvalue weighted by molar-refractivity contribution is 0.306. The van der Waals surface area contributed by atoms with E-state index in [-0.39, 0.29) is 34.6 Å². The van der Waals surface area contributed by atoms with E-state index in [0.717, 1.165) is 30.0 Å². The highest BCUT2D eigenvalue weighted by atomic mass is 32.2. The van der Waals surface area contributed by atoms with Gasteiger partial charge in [0.2, 0.25) is 0 Å². The van der Waals surface area contributed by atoms with Crippen molar-refractivity contribution in [2.75, 3.05) is 6.61 Å². The van der Waals surface area contributed by atoms with Crippen LogP contribution in [0.1, 0.15) is 64.7 Å². The van der Waals surface area contributed by atoms with Gasteiger partial charge in [-0.05, 0) is 17.9 Å². The van der Waals surface area contributed by atoms with E-state index in [4.69, 9.17) is 4.18 Å². The summed E-state index contributed by atoms with van der Waals surface area (Å²) in [5, 5.41) is 1.63. The average molecular weight is 389 g/mol. The Morgan fingerprint density at radius 2 is 1.35 bits per heavy atom. The molecule has 0 radical (unpaired) electrons. The zero-order valence-corrected chi connectivity index (χ0v) is 16.1. The molecule has 5 heteroatoms. The molecule has 0 atom stereocenters. The molecule has 2 aromatic rings. The highest BCUT2D eigenvalue weighted by molar-refractivity contribution is 7.87. The minimum absolute atomic E-state index is 0. The zero-order valence-electron chi connectivity index (χ0n) is 15.2. The molecule has 142 valence electrons. The van der Waals surface area contributed by atoms with Crippen LogP contribution in [0.3, 0.4) is 0 Å². The van der Waals surface area contributed by atoms with Crippen molar-refractivity contribution in [2.24, 2.45) is 0 Å². The maximum absolute atomic E-state index is 12.5. The Balaban J connectivity index is 0.00000338. The summed E-state index contributed by atoms with van der Waals surface area (Å²) in [4.78, 5) is 0.265. The van der Waals surface area contributed by atoms with Crippen LogP contribution in [0.4, 0.5) is 0 Å². The molecule has 0 aromatic heterocycles. The molecule has 0 aliphatic heterocycles. The Labute approximate surface area is 174 Å². The second-order valence-electron chi connectivity index (χ2n) is 6.58. The van der Waals surface area contributed by atoms with E-state index in [9.17, 15) is 8.42 Å². The van der Waals surface area contributed by atoms with Gasteiger partial charge in [0.25, 0.3) is 10.1 Å². The van der Waals surface area contributed by atoms with Gasteiger partial charge in [-0.1, -0.05) is 94.7 Å². The first-order valence-electron chi connectivity index (χ1n) is 9.52. The van der Waals surface area contributed by atoms with E-state index in [2.05, 4.69) is 6.92 Å². The second-order valence-corrected chi connectivity index (χ2v) is 8.17. The van der Waals surface area contributed by atoms with E-state index in [0.29, 0.717) is 0 Å². The molecule has 0 bridgehead atoms. The van der Waals surface area contributed by atoms with E-state index >= 15 is 0 Å². The van der Waals surface area contributed by atoms with Gasteiger partial charge in [-0.15, -0.1) is 0 Å². The third-order valence-corrected chi connectivity index (χ3v) is 5.88. The lowest BCUT2D eigenvalue weighted by atomic mass is 10.1. The third kappa shape index (κ3) is 7.55. The number of unbranched alkanes of at least 4 members (excludes halogenated alkanes) is 8. The van der Waals surface area contributed by atoms with Crippen LogP contribution in [-0.2, 0) is 14.3 Å². The van der Waals surface area contributed by atoms with Crippen LogP contribution >= 0.6 is 0 Å². The average Bonchev–Trinajstić information content (AvgIpc) is 2.62. The number of rotatable bonds is 12. The largest absolute Gasteiger partial charge is 0.316 e. The van der Waals surface area contributed by atoms with Crippen LogP contribution in [0.15, 0.2) is 47.4 Å². The predicted octanol–water partition coefficient (Wildman–Crippen LogP) is 5.16. The van der Waals surface area contributed by atoms with Gasteiger partial charge in [0.15, 0.2) is 0 Å². The summed E-state index contributed by atoms with van der Waals surface area (Å²) in [5.74, 6) is 0. The van der Waals surface area contributed by atoms with Gasteiger partial charge in [-0.25, -0.2) is 0 Å². The minimum atomic E-state index is -3.69. The van der Waals surface area contributed by atoms with Crippen molar-refractivity contribution in [1.29, 1.82) is 0 Å². The fourth-order valence-electron chi connectivity index (χ4n) is 3.06. The van der Waals surface area contributed by atoms with Gasteiger partial charge < -0.3 is 0 Å². The van der Waals surface area contributed by atoms with E-state index in [1.807, 2.05) is 30.3 Å². The van der Waals surface area contributed by atoms with Gasteiger partial charge in [-0.3, -0.25) is 4.18 Å². The summed E-state index contributed by atoms with van der Waals surface area (Å²) in [6.45, 7) is 2.49. The predicted molar refractivity (Wildman–Crippen MR) is 113 cm³/mol. The first-order chi connectivity index (χ1) is 12.1. The summed E-state index contributed by atoms with van der Waals surface area (Å²) in [6, 6.07) is 12.8.